The molecule has 0 saturated carbocycles. The van der Waals surface area contributed by atoms with E-state index in [0.717, 1.165) is 5.57 Å². The van der Waals surface area contributed by atoms with Gasteiger partial charge in [0.25, 0.3) is 0 Å². The quantitative estimate of drug-likeness (QED) is 0.294. The Labute approximate surface area is 71.5 Å². The van der Waals surface area contributed by atoms with Gasteiger partial charge in [0, 0.05) is 0 Å². The van der Waals surface area contributed by atoms with Crippen LogP contribution in [0.5, 0.6) is 0 Å². The van der Waals surface area contributed by atoms with Crippen molar-refractivity contribution in [2.45, 2.75) is 19.3 Å². The second-order valence-corrected chi connectivity index (χ2v) is 3.66. The van der Waals surface area contributed by atoms with Gasteiger partial charge in [-0.15, -0.1) is 0 Å². The Kier molecular flexibility index (Phi) is 4.98. The molecule has 0 rings (SSSR count). The first-order valence-electron chi connectivity index (χ1n) is 3.29. The Morgan fingerprint density at radius 3 is 2.73 bits per heavy atom. The third kappa shape index (κ3) is 7.42. The highest BCUT2D eigenvalue weighted by atomic mass is 32.2. The summed E-state index contributed by atoms with van der Waals surface area (Å²) in [6.07, 6.45) is 0. The van der Waals surface area contributed by atoms with Gasteiger partial charge in [-0.1, -0.05) is 23.9 Å². The summed E-state index contributed by atoms with van der Waals surface area (Å²) < 4.78 is 5.26. The maximum Gasteiger partial charge on any atom is 0.153 e. The lowest BCUT2D eigenvalue weighted by Gasteiger charge is -2.10. The number of thioether (sulfide) groups is 1. The second-order valence-electron chi connectivity index (χ2n) is 2.32. The summed E-state index contributed by atoms with van der Waals surface area (Å²) >= 11 is 1.19. The molecule has 0 aliphatic heterocycles. The lowest BCUT2D eigenvalue weighted by atomic mass is 10.4. The molecule has 0 aliphatic carbocycles. The number of hydrogen-bond donors (Lipinski definition) is 2. The van der Waals surface area contributed by atoms with Crippen LogP contribution in [-0.2, 0) is 4.74 Å². The molecule has 3 nitrogen and oxygen atoms in total. The van der Waals surface area contributed by atoms with Gasteiger partial charge in [0.2, 0.25) is 0 Å². The van der Waals surface area contributed by atoms with Crippen molar-refractivity contribution in [2.75, 3.05) is 6.61 Å². The Morgan fingerprint density at radius 1 is 1.82 bits per heavy atom. The molecule has 0 aromatic rings. The first-order chi connectivity index (χ1) is 5.02. The van der Waals surface area contributed by atoms with Crippen molar-refractivity contribution in [3.63, 3.8) is 0 Å². The molecule has 0 saturated heterocycles. The molecule has 0 heterocycles. The van der Waals surface area contributed by atoms with Crippen LogP contribution in [0.15, 0.2) is 12.2 Å². The first-order valence-corrected chi connectivity index (χ1v) is 4.17. The minimum Gasteiger partial charge on any atom is -0.379 e. The molecule has 0 spiro atoms. The van der Waals surface area contributed by atoms with E-state index >= 15 is 0 Å². The lowest BCUT2D eigenvalue weighted by molar-refractivity contribution is 0.146. The Morgan fingerprint density at radius 2 is 2.36 bits per heavy atom. The third-order valence-electron chi connectivity index (χ3n) is 0.857. The van der Waals surface area contributed by atoms with Crippen LogP contribution in [-0.4, -0.2) is 17.2 Å². The van der Waals surface area contributed by atoms with Crippen molar-refractivity contribution in [3.8, 4) is 0 Å². The fraction of sp³-hybridized carbons (Fsp3) is 0.571. The van der Waals surface area contributed by atoms with E-state index < -0.39 is 0 Å². The number of amidine groups is 1. The van der Waals surface area contributed by atoms with Gasteiger partial charge in [-0.25, -0.2) is 0 Å². The van der Waals surface area contributed by atoms with Gasteiger partial charge in [0.1, 0.15) is 5.44 Å². The van der Waals surface area contributed by atoms with Crippen molar-refractivity contribution in [3.05, 3.63) is 12.2 Å². The molecule has 0 bridgehead atoms. The van der Waals surface area contributed by atoms with Crippen LogP contribution >= 0.6 is 11.8 Å². The SMILES string of the molecule is C=C(C)CO[C@H](C)SC(=N)N. The highest BCUT2D eigenvalue weighted by Crippen LogP contribution is 2.10. The van der Waals surface area contributed by atoms with Crippen LogP contribution in [0.4, 0.5) is 0 Å². The monoisotopic (exact) mass is 174 g/mol. The molecule has 3 N–H and O–H groups in total. The summed E-state index contributed by atoms with van der Waals surface area (Å²) in [5.74, 6) is 0. The summed E-state index contributed by atoms with van der Waals surface area (Å²) in [6, 6.07) is 0. The molecule has 0 aromatic heterocycles. The predicted octanol–water partition coefficient (Wildman–Crippen LogP) is 1.55. The Balaban J connectivity index is 3.44. The van der Waals surface area contributed by atoms with Crippen LogP contribution in [0.25, 0.3) is 0 Å². The van der Waals surface area contributed by atoms with E-state index in [2.05, 4.69) is 6.58 Å². The number of ether oxygens (including phenoxy) is 1. The largest absolute Gasteiger partial charge is 0.379 e. The summed E-state index contributed by atoms with van der Waals surface area (Å²) in [7, 11) is 0. The first kappa shape index (κ1) is 10.5. The van der Waals surface area contributed by atoms with E-state index in [1.807, 2.05) is 13.8 Å². The maximum atomic E-state index is 6.95. The highest BCUT2D eigenvalue weighted by molar-refractivity contribution is 8.14. The van der Waals surface area contributed by atoms with E-state index in [9.17, 15) is 0 Å². The van der Waals surface area contributed by atoms with Crippen LogP contribution in [0.2, 0.25) is 0 Å². The standard InChI is InChI=1S/C7H14N2OS/c1-5(2)4-10-6(3)11-7(8)9/h6H,1,4H2,2-3H3,(H3,8,9)/t6-/m0/s1. The van der Waals surface area contributed by atoms with Gasteiger partial charge in [-0.3, -0.25) is 5.41 Å². The van der Waals surface area contributed by atoms with E-state index in [-0.39, 0.29) is 10.6 Å². The lowest BCUT2D eigenvalue weighted by Crippen LogP contribution is -2.13. The molecule has 0 aromatic carbocycles. The average molecular weight is 174 g/mol. The minimum atomic E-state index is -0.0656. The van der Waals surface area contributed by atoms with E-state index in [1.165, 1.54) is 11.8 Å². The molecule has 0 fully saturated rings. The second kappa shape index (κ2) is 5.21. The number of hydrogen-bond acceptors (Lipinski definition) is 3. The summed E-state index contributed by atoms with van der Waals surface area (Å²) in [4.78, 5) is 0. The van der Waals surface area contributed by atoms with E-state index in [1.54, 1.807) is 0 Å². The zero-order chi connectivity index (χ0) is 8.85. The van der Waals surface area contributed by atoms with Crippen molar-refractivity contribution in [2.24, 2.45) is 5.73 Å². The topological polar surface area (TPSA) is 59.1 Å². The zero-order valence-electron chi connectivity index (χ0n) is 6.89. The average Bonchev–Trinajstić information content (AvgIpc) is 1.82. The molecule has 0 aliphatic rings. The molecule has 0 radical (unpaired) electrons. The third-order valence-corrected chi connectivity index (χ3v) is 1.58. The normalized spacial score (nSPS) is 12.5. The summed E-state index contributed by atoms with van der Waals surface area (Å²) in [6.45, 7) is 7.97. The number of nitrogens with one attached hydrogen (secondary N) is 1. The number of nitrogens with two attached hydrogens (primary N) is 1. The number of rotatable bonds is 4. The molecular weight excluding hydrogens is 160 g/mol. The van der Waals surface area contributed by atoms with Gasteiger partial charge < -0.3 is 10.5 Å². The predicted molar refractivity (Wildman–Crippen MR) is 49.7 cm³/mol. The zero-order valence-corrected chi connectivity index (χ0v) is 7.70. The molecule has 11 heavy (non-hydrogen) atoms. The molecule has 64 valence electrons. The van der Waals surface area contributed by atoms with Crippen molar-refractivity contribution < 1.29 is 4.74 Å². The van der Waals surface area contributed by atoms with Gasteiger partial charge >= 0.3 is 0 Å². The smallest absolute Gasteiger partial charge is 0.153 e. The maximum absolute atomic E-state index is 6.95. The van der Waals surface area contributed by atoms with Crippen LogP contribution in [0.1, 0.15) is 13.8 Å². The van der Waals surface area contributed by atoms with E-state index in [0.29, 0.717) is 6.61 Å². The summed E-state index contributed by atoms with van der Waals surface area (Å²) in [5.41, 5.74) is 6.05. The van der Waals surface area contributed by atoms with Crippen molar-refractivity contribution in [1.29, 1.82) is 5.41 Å². The Hall–Kier alpha value is -0.480. The van der Waals surface area contributed by atoms with Crippen molar-refractivity contribution >= 4 is 16.9 Å². The molecule has 1 atom stereocenters. The van der Waals surface area contributed by atoms with Crippen molar-refractivity contribution in [1.82, 2.24) is 0 Å². The fourth-order valence-electron chi connectivity index (χ4n) is 0.472. The van der Waals surface area contributed by atoms with Crippen LogP contribution < -0.4 is 5.73 Å². The van der Waals surface area contributed by atoms with Crippen LogP contribution in [0.3, 0.4) is 0 Å². The van der Waals surface area contributed by atoms with E-state index in [4.69, 9.17) is 15.9 Å². The molecule has 0 amide bonds. The fourth-order valence-corrected chi connectivity index (χ4v) is 0.966. The highest BCUT2D eigenvalue weighted by Gasteiger charge is 2.03. The Bertz CT molecular complexity index is 159. The van der Waals surface area contributed by atoms with Gasteiger partial charge in [0.05, 0.1) is 6.61 Å². The minimum absolute atomic E-state index is 0.0656. The molecular formula is C7H14N2OS. The summed E-state index contributed by atoms with van der Waals surface area (Å²) in [5, 5.41) is 7.03. The van der Waals surface area contributed by atoms with Gasteiger partial charge in [0.15, 0.2) is 5.17 Å². The van der Waals surface area contributed by atoms with Gasteiger partial charge in [-0.2, -0.15) is 0 Å². The molecule has 0 unspecified atom stereocenters. The molecule has 4 heteroatoms. The van der Waals surface area contributed by atoms with Crippen LogP contribution in [0, 0.1) is 5.41 Å². The van der Waals surface area contributed by atoms with Gasteiger partial charge in [-0.05, 0) is 13.8 Å².